The van der Waals surface area contributed by atoms with E-state index >= 15 is 0 Å². The minimum absolute atomic E-state index is 0.559. The Hall–Kier alpha value is -1.87. The van der Waals surface area contributed by atoms with Crippen molar-refractivity contribution in [1.82, 2.24) is 10.3 Å². The Morgan fingerprint density at radius 2 is 2.10 bits per heavy atom. The Bertz CT molecular complexity index is 583. The van der Waals surface area contributed by atoms with Crippen molar-refractivity contribution in [2.75, 3.05) is 7.11 Å². The maximum atomic E-state index is 5.15. The third kappa shape index (κ3) is 2.99. The van der Waals surface area contributed by atoms with Gasteiger partial charge >= 0.3 is 0 Å². The summed E-state index contributed by atoms with van der Waals surface area (Å²) >= 11 is 0. The molecule has 0 fully saturated rings. The van der Waals surface area contributed by atoms with Crippen LogP contribution in [0, 0.1) is 0 Å². The molecule has 1 aliphatic rings. The predicted molar refractivity (Wildman–Crippen MR) is 79.9 cm³/mol. The highest BCUT2D eigenvalue weighted by Gasteiger charge is 2.17. The maximum Gasteiger partial charge on any atom is 0.213 e. The first-order valence-electron chi connectivity index (χ1n) is 7.14. The van der Waals surface area contributed by atoms with Gasteiger partial charge in [0.2, 0.25) is 5.88 Å². The molecule has 1 aromatic carbocycles. The summed E-state index contributed by atoms with van der Waals surface area (Å²) < 4.78 is 5.15. The fourth-order valence-corrected chi connectivity index (χ4v) is 2.81. The molecule has 0 amide bonds. The number of rotatable bonds is 4. The minimum atomic E-state index is 0.559. The van der Waals surface area contributed by atoms with Gasteiger partial charge in [-0.25, -0.2) is 4.98 Å². The quantitative estimate of drug-likeness (QED) is 0.926. The van der Waals surface area contributed by atoms with Crippen LogP contribution >= 0.6 is 0 Å². The van der Waals surface area contributed by atoms with Crippen LogP contribution in [0.15, 0.2) is 42.6 Å². The van der Waals surface area contributed by atoms with Crippen LogP contribution < -0.4 is 10.1 Å². The van der Waals surface area contributed by atoms with Crippen LogP contribution in [-0.2, 0) is 19.4 Å². The van der Waals surface area contributed by atoms with Crippen LogP contribution in [0.3, 0.4) is 0 Å². The summed E-state index contributed by atoms with van der Waals surface area (Å²) in [6.07, 6.45) is 5.30. The zero-order valence-corrected chi connectivity index (χ0v) is 11.8. The van der Waals surface area contributed by atoms with Crippen LogP contribution in [0.4, 0.5) is 0 Å². The summed E-state index contributed by atoms with van der Waals surface area (Å²) in [4.78, 5) is 4.13. The molecule has 3 heteroatoms. The molecule has 0 radical (unpaired) electrons. The number of nitrogens with zero attached hydrogens (tertiary/aromatic N) is 1. The molecule has 1 heterocycles. The number of hydrogen-bond acceptors (Lipinski definition) is 3. The van der Waals surface area contributed by atoms with Gasteiger partial charge in [0.05, 0.1) is 7.11 Å². The Labute approximate surface area is 120 Å². The smallest absolute Gasteiger partial charge is 0.213 e. The van der Waals surface area contributed by atoms with Gasteiger partial charge in [0, 0.05) is 24.8 Å². The monoisotopic (exact) mass is 268 g/mol. The van der Waals surface area contributed by atoms with Gasteiger partial charge in [-0.15, -0.1) is 0 Å². The molecule has 3 rings (SSSR count). The number of methoxy groups -OCH3 is 1. The molecule has 1 N–H and O–H groups in total. The van der Waals surface area contributed by atoms with Crippen LogP contribution in [0.5, 0.6) is 5.88 Å². The molecule has 20 heavy (non-hydrogen) atoms. The lowest BCUT2D eigenvalue weighted by Crippen LogP contribution is -2.34. The lowest BCUT2D eigenvalue weighted by molar-refractivity contribution is 0.396. The number of ether oxygens (including phenoxy) is 1. The first kappa shape index (κ1) is 13.1. The second kappa shape index (κ2) is 6.06. The number of pyridine rings is 1. The van der Waals surface area contributed by atoms with E-state index in [0.29, 0.717) is 11.9 Å². The Morgan fingerprint density at radius 1 is 1.25 bits per heavy atom. The van der Waals surface area contributed by atoms with Crippen molar-refractivity contribution < 1.29 is 4.74 Å². The summed E-state index contributed by atoms with van der Waals surface area (Å²) in [5, 5.41) is 3.65. The lowest BCUT2D eigenvalue weighted by atomic mass is 9.88. The van der Waals surface area contributed by atoms with Gasteiger partial charge in [-0.3, -0.25) is 0 Å². The van der Waals surface area contributed by atoms with Crippen molar-refractivity contribution in [1.29, 1.82) is 0 Å². The number of hydrogen-bond donors (Lipinski definition) is 1. The Kier molecular flexibility index (Phi) is 3.97. The van der Waals surface area contributed by atoms with Crippen LogP contribution in [0.25, 0.3) is 0 Å². The van der Waals surface area contributed by atoms with Gasteiger partial charge in [-0.1, -0.05) is 24.3 Å². The normalized spacial score (nSPS) is 17.6. The highest BCUT2D eigenvalue weighted by Crippen LogP contribution is 2.21. The number of aryl methyl sites for hydroxylation is 1. The van der Waals surface area contributed by atoms with Crippen molar-refractivity contribution in [2.24, 2.45) is 0 Å². The zero-order chi connectivity index (χ0) is 13.8. The molecule has 1 aliphatic carbocycles. The molecule has 0 saturated heterocycles. The van der Waals surface area contributed by atoms with Crippen molar-refractivity contribution in [2.45, 2.75) is 31.8 Å². The van der Waals surface area contributed by atoms with Gasteiger partial charge in [0.1, 0.15) is 0 Å². The zero-order valence-electron chi connectivity index (χ0n) is 11.8. The second-order valence-electron chi connectivity index (χ2n) is 5.30. The Balaban J connectivity index is 1.60. The molecule has 104 valence electrons. The number of nitrogens with one attached hydrogen (secondary N) is 1. The summed E-state index contributed by atoms with van der Waals surface area (Å²) in [5.74, 6) is 0.679. The van der Waals surface area contributed by atoms with E-state index in [4.69, 9.17) is 4.74 Å². The van der Waals surface area contributed by atoms with E-state index in [1.54, 1.807) is 13.3 Å². The van der Waals surface area contributed by atoms with Crippen LogP contribution in [-0.4, -0.2) is 18.1 Å². The molecule has 1 aromatic heterocycles. The average Bonchev–Trinajstić information content (AvgIpc) is 2.53. The molecule has 3 nitrogen and oxygen atoms in total. The topological polar surface area (TPSA) is 34.1 Å². The van der Waals surface area contributed by atoms with E-state index in [1.807, 2.05) is 12.1 Å². The predicted octanol–water partition coefficient (Wildman–Crippen LogP) is 2.74. The third-order valence-electron chi connectivity index (χ3n) is 3.95. The van der Waals surface area contributed by atoms with Gasteiger partial charge in [-0.2, -0.15) is 0 Å². The molecular formula is C17H20N2O. The van der Waals surface area contributed by atoms with E-state index in [1.165, 1.54) is 29.5 Å². The minimum Gasteiger partial charge on any atom is -0.481 e. The third-order valence-corrected chi connectivity index (χ3v) is 3.95. The largest absolute Gasteiger partial charge is 0.481 e. The first-order valence-corrected chi connectivity index (χ1v) is 7.14. The second-order valence-corrected chi connectivity index (χ2v) is 5.30. The maximum absolute atomic E-state index is 5.15. The number of fused-ring (bicyclic) bond motifs is 1. The molecule has 0 saturated carbocycles. The fraction of sp³-hybridized carbons (Fsp3) is 0.353. The summed E-state index contributed by atoms with van der Waals surface area (Å²) in [6.45, 7) is 0.867. The molecular weight excluding hydrogens is 248 g/mol. The van der Waals surface area contributed by atoms with E-state index in [0.717, 1.165) is 13.0 Å². The van der Waals surface area contributed by atoms with Gasteiger partial charge in [0.25, 0.3) is 0 Å². The highest BCUT2D eigenvalue weighted by molar-refractivity contribution is 5.30. The van der Waals surface area contributed by atoms with Crippen molar-refractivity contribution in [3.63, 3.8) is 0 Å². The number of aromatic nitrogens is 1. The standard InChI is InChI=1S/C17H20N2O/c1-20-17-10-13(8-9-18-17)12-19-16-7-6-14-4-2-3-5-15(14)11-16/h2-5,8-10,16,19H,6-7,11-12H2,1H3. The summed E-state index contributed by atoms with van der Waals surface area (Å²) in [5.41, 5.74) is 4.22. The van der Waals surface area contributed by atoms with E-state index < -0.39 is 0 Å². The molecule has 2 aromatic rings. The van der Waals surface area contributed by atoms with Crippen molar-refractivity contribution >= 4 is 0 Å². The first-order chi connectivity index (χ1) is 9.85. The van der Waals surface area contributed by atoms with Crippen molar-refractivity contribution in [3.05, 3.63) is 59.3 Å². The lowest BCUT2D eigenvalue weighted by Gasteiger charge is -2.25. The van der Waals surface area contributed by atoms with E-state index in [9.17, 15) is 0 Å². The van der Waals surface area contributed by atoms with Crippen LogP contribution in [0.2, 0.25) is 0 Å². The highest BCUT2D eigenvalue weighted by atomic mass is 16.5. The van der Waals surface area contributed by atoms with Crippen LogP contribution in [0.1, 0.15) is 23.1 Å². The SMILES string of the molecule is COc1cc(CNC2CCc3ccccc3C2)ccn1. The average molecular weight is 268 g/mol. The van der Waals surface area contributed by atoms with Gasteiger partial charge in [0.15, 0.2) is 0 Å². The van der Waals surface area contributed by atoms with Crippen molar-refractivity contribution in [3.8, 4) is 5.88 Å². The molecule has 0 spiro atoms. The summed E-state index contributed by atoms with van der Waals surface area (Å²) in [6, 6.07) is 13.3. The van der Waals surface area contributed by atoms with Gasteiger partial charge in [-0.05, 0) is 42.0 Å². The molecule has 1 unspecified atom stereocenters. The van der Waals surface area contributed by atoms with Gasteiger partial charge < -0.3 is 10.1 Å². The Morgan fingerprint density at radius 3 is 2.95 bits per heavy atom. The molecule has 0 aliphatic heterocycles. The van der Waals surface area contributed by atoms with E-state index in [2.05, 4.69) is 34.6 Å². The molecule has 1 atom stereocenters. The molecule has 0 bridgehead atoms. The fourth-order valence-electron chi connectivity index (χ4n) is 2.81. The van der Waals surface area contributed by atoms with E-state index in [-0.39, 0.29) is 0 Å². The summed E-state index contributed by atoms with van der Waals surface area (Å²) in [7, 11) is 1.65. The number of benzene rings is 1.